The van der Waals surface area contributed by atoms with E-state index >= 15 is 0 Å². The Hall–Kier alpha value is -3.72. The summed E-state index contributed by atoms with van der Waals surface area (Å²) < 4.78 is 10.9. The summed E-state index contributed by atoms with van der Waals surface area (Å²) in [6.07, 6.45) is 1.49. The number of aryl methyl sites for hydroxylation is 1. The molecule has 1 amide bonds. The third-order valence-electron chi connectivity index (χ3n) is 4.77. The van der Waals surface area contributed by atoms with Gasteiger partial charge in [-0.05, 0) is 18.4 Å². The average Bonchev–Trinajstić information content (AvgIpc) is 2.78. The number of amides is 1. The highest BCUT2D eigenvalue weighted by molar-refractivity contribution is 6.03. The van der Waals surface area contributed by atoms with Crippen molar-refractivity contribution in [3.8, 4) is 11.6 Å². The summed E-state index contributed by atoms with van der Waals surface area (Å²) in [7, 11) is 0. The van der Waals surface area contributed by atoms with Crippen LogP contribution in [-0.2, 0) is 9.53 Å². The van der Waals surface area contributed by atoms with E-state index in [1.807, 2.05) is 36.1 Å². The number of morpholine rings is 1. The predicted molar refractivity (Wildman–Crippen MR) is 117 cm³/mol. The van der Waals surface area contributed by atoms with Crippen molar-refractivity contribution in [2.75, 3.05) is 37.8 Å². The van der Waals surface area contributed by atoms with E-state index < -0.39 is 5.91 Å². The van der Waals surface area contributed by atoms with Crippen molar-refractivity contribution in [2.45, 2.75) is 6.92 Å². The molecular formula is C22H23N5O4. The number of carbonyl (C=O) groups excluding carboxylic acids is 1. The summed E-state index contributed by atoms with van der Waals surface area (Å²) in [4.78, 5) is 23.0. The summed E-state index contributed by atoms with van der Waals surface area (Å²) in [6.45, 7) is 4.29. The number of ether oxygens (including phenoxy) is 2. The maximum Gasteiger partial charge on any atom is 0.278 e. The fourth-order valence-corrected chi connectivity index (χ4v) is 3.31. The molecular weight excluding hydrogens is 398 g/mol. The summed E-state index contributed by atoms with van der Waals surface area (Å²) >= 11 is 0. The lowest BCUT2D eigenvalue weighted by molar-refractivity contribution is -0.123. The molecule has 1 fully saturated rings. The highest BCUT2D eigenvalue weighted by Gasteiger charge is 2.15. The number of hydrogen-bond acceptors (Lipinski definition) is 8. The number of anilines is 1. The Kier molecular flexibility index (Phi) is 6.23. The highest BCUT2D eigenvalue weighted by Crippen LogP contribution is 2.26. The van der Waals surface area contributed by atoms with E-state index in [9.17, 15) is 9.90 Å². The van der Waals surface area contributed by atoms with Gasteiger partial charge in [-0.15, -0.1) is 0 Å². The molecule has 0 aliphatic carbocycles. The molecule has 0 saturated carbocycles. The number of nitrogens with one attached hydrogen (secondary N) is 1. The normalized spacial score (nSPS) is 14.2. The SMILES string of the molecule is Cc1cc(OCC(=O)NN=Cc2cccc3cccc(O)c23)nc(N2CCOCC2)n1. The van der Waals surface area contributed by atoms with E-state index in [1.165, 1.54) is 6.21 Å². The Morgan fingerprint density at radius 1 is 1.26 bits per heavy atom. The van der Waals surface area contributed by atoms with Crippen LogP contribution in [0.3, 0.4) is 0 Å². The molecule has 9 heteroatoms. The van der Waals surface area contributed by atoms with Crippen molar-refractivity contribution in [3.05, 3.63) is 53.7 Å². The molecule has 2 aromatic carbocycles. The lowest BCUT2D eigenvalue weighted by Gasteiger charge is -2.27. The monoisotopic (exact) mass is 421 g/mol. The Bertz CT molecular complexity index is 1110. The van der Waals surface area contributed by atoms with Crippen LogP contribution in [0.2, 0.25) is 0 Å². The molecule has 1 aliphatic rings. The smallest absolute Gasteiger partial charge is 0.278 e. The molecule has 31 heavy (non-hydrogen) atoms. The van der Waals surface area contributed by atoms with E-state index in [0.717, 1.165) is 11.1 Å². The molecule has 3 aromatic rings. The van der Waals surface area contributed by atoms with Gasteiger partial charge in [0.05, 0.1) is 19.4 Å². The number of aromatic nitrogens is 2. The minimum atomic E-state index is -0.426. The van der Waals surface area contributed by atoms with E-state index in [2.05, 4.69) is 20.5 Å². The standard InChI is InChI=1S/C22H23N5O4/c1-15-12-20(25-22(24-15)27-8-10-30-11-9-27)31-14-19(29)26-23-13-17-6-2-4-16-5-3-7-18(28)21(16)17/h2-7,12-13,28H,8-11,14H2,1H3,(H,26,29). The average molecular weight is 421 g/mol. The van der Waals surface area contributed by atoms with E-state index in [1.54, 1.807) is 18.2 Å². The first-order chi connectivity index (χ1) is 15.1. The zero-order valence-electron chi connectivity index (χ0n) is 17.1. The second kappa shape index (κ2) is 9.40. The van der Waals surface area contributed by atoms with Crippen LogP contribution >= 0.6 is 0 Å². The molecule has 0 radical (unpaired) electrons. The van der Waals surface area contributed by atoms with Crippen LogP contribution in [0.4, 0.5) is 5.95 Å². The third-order valence-corrected chi connectivity index (χ3v) is 4.77. The van der Waals surface area contributed by atoms with Gasteiger partial charge < -0.3 is 19.5 Å². The molecule has 2 heterocycles. The van der Waals surface area contributed by atoms with Gasteiger partial charge in [0, 0.05) is 35.8 Å². The summed E-state index contributed by atoms with van der Waals surface area (Å²) in [6, 6.07) is 12.5. The molecule has 4 rings (SSSR count). The fraction of sp³-hybridized carbons (Fsp3) is 0.273. The largest absolute Gasteiger partial charge is 0.507 e. The topological polar surface area (TPSA) is 109 Å². The van der Waals surface area contributed by atoms with Crippen molar-refractivity contribution < 1.29 is 19.4 Å². The summed E-state index contributed by atoms with van der Waals surface area (Å²) in [5.41, 5.74) is 3.88. The number of aromatic hydroxyl groups is 1. The molecule has 9 nitrogen and oxygen atoms in total. The number of carbonyl (C=O) groups is 1. The molecule has 0 bridgehead atoms. The molecule has 1 saturated heterocycles. The lowest BCUT2D eigenvalue weighted by atomic mass is 10.0. The molecule has 0 unspecified atom stereocenters. The van der Waals surface area contributed by atoms with Crippen LogP contribution in [0, 0.1) is 6.92 Å². The van der Waals surface area contributed by atoms with Gasteiger partial charge >= 0.3 is 0 Å². The maximum absolute atomic E-state index is 12.1. The van der Waals surface area contributed by atoms with E-state index in [-0.39, 0.29) is 12.4 Å². The Labute approximate surface area is 179 Å². The Morgan fingerprint density at radius 3 is 2.84 bits per heavy atom. The van der Waals surface area contributed by atoms with Crippen molar-refractivity contribution in [1.82, 2.24) is 15.4 Å². The highest BCUT2D eigenvalue weighted by atomic mass is 16.5. The number of nitrogens with zero attached hydrogens (tertiary/aromatic N) is 4. The minimum absolute atomic E-state index is 0.157. The molecule has 160 valence electrons. The first-order valence-corrected chi connectivity index (χ1v) is 9.94. The first kappa shape index (κ1) is 20.5. The van der Waals surface area contributed by atoms with Gasteiger partial charge in [0.1, 0.15) is 5.75 Å². The number of fused-ring (bicyclic) bond motifs is 1. The van der Waals surface area contributed by atoms with Crippen molar-refractivity contribution >= 4 is 28.8 Å². The molecule has 2 N–H and O–H groups in total. The number of hydrogen-bond donors (Lipinski definition) is 2. The zero-order chi connectivity index (χ0) is 21.6. The number of benzene rings is 2. The van der Waals surface area contributed by atoms with Gasteiger partial charge in [-0.1, -0.05) is 30.3 Å². The number of hydrazone groups is 1. The maximum atomic E-state index is 12.1. The van der Waals surface area contributed by atoms with Gasteiger partial charge in [0.2, 0.25) is 11.8 Å². The number of rotatable bonds is 6. The fourth-order valence-electron chi connectivity index (χ4n) is 3.31. The van der Waals surface area contributed by atoms with E-state index in [0.29, 0.717) is 49.1 Å². The van der Waals surface area contributed by atoms with Crippen LogP contribution in [-0.4, -0.2) is 60.1 Å². The Morgan fingerprint density at radius 2 is 2.03 bits per heavy atom. The van der Waals surface area contributed by atoms with Crippen LogP contribution in [0.25, 0.3) is 10.8 Å². The van der Waals surface area contributed by atoms with Crippen molar-refractivity contribution in [3.63, 3.8) is 0 Å². The summed E-state index contributed by atoms with van der Waals surface area (Å²) in [5.74, 6) is 0.619. The zero-order valence-corrected chi connectivity index (χ0v) is 17.1. The van der Waals surface area contributed by atoms with Gasteiger partial charge in [0.25, 0.3) is 5.91 Å². The quantitative estimate of drug-likeness (QED) is 0.463. The van der Waals surface area contributed by atoms with Crippen LogP contribution < -0.4 is 15.1 Å². The second-order valence-electron chi connectivity index (χ2n) is 7.05. The lowest BCUT2D eigenvalue weighted by Crippen LogP contribution is -2.37. The first-order valence-electron chi connectivity index (χ1n) is 9.94. The third kappa shape index (κ3) is 5.07. The van der Waals surface area contributed by atoms with Gasteiger partial charge in [0.15, 0.2) is 6.61 Å². The van der Waals surface area contributed by atoms with Gasteiger partial charge in [-0.25, -0.2) is 10.4 Å². The van der Waals surface area contributed by atoms with Crippen molar-refractivity contribution in [1.29, 1.82) is 0 Å². The predicted octanol–water partition coefficient (Wildman–Crippen LogP) is 2.01. The summed E-state index contributed by atoms with van der Waals surface area (Å²) in [5, 5.41) is 15.7. The van der Waals surface area contributed by atoms with Gasteiger partial charge in [-0.3, -0.25) is 4.79 Å². The van der Waals surface area contributed by atoms with Gasteiger partial charge in [-0.2, -0.15) is 10.1 Å². The molecule has 1 aliphatic heterocycles. The molecule has 1 aromatic heterocycles. The number of phenolic OH excluding ortho intramolecular Hbond substituents is 1. The van der Waals surface area contributed by atoms with E-state index in [4.69, 9.17) is 9.47 Å². The Balaban J connectivity index is 1.36. The van der Waals surface area contributed by atoms with Crippen LogP contribution in [0.1, 0.15) is 11.3 Å². The molecule has 0 spiro atoms. The van der Waals surface area contributed by atoms with Crippen LogP contribution in [0.5, 0.6) is 11.6 Å². The minimum Gasteiger partial charge on any atom is -0.507 e. The second-order valence-corrected chi connectivity index (χ2v) is 7.05. The molecule has 0 atom stereocenters. The number of phenols is 1. The van der Waals surface area contributed by atoms with Crippen molar-refractivity contribution in [2.24, 2.45) is 5.10 Å². The van der Waals surface area contributed by atoms with Crippen LogP contribution in [0.15, 0.2) is 47.6 Å².